The Morgan fingerprint density at radius 2 is 1.16 bits per heavy atom. The van der Waals surface area contributed by atoms with E-state index in [-0.39, 0.29) is 12.3 Å². The Morgan fingerprint density at radius 1 is 0.490 bits per heavy atom. The zero-order valence-corrected chi connectivity index (χ0v) is 26.4. The number of aromatic amines is 1. The average molecular weight is 628 g/mol. The van der Waals surface area contributed by atoms with E-state index in [1.165, 1.54) is 87.0 Å². The van der Waals surface area contributed by atoms with E-state index in [9.17, 15) is 0 Å². The van der Waals surface area contributed by atoms with Gasteiger partial charge in [-0.25, -0.2) is 0 Å². The molecule has 0 saturated carbocycles. The van der Waals surface area contributed by atoms with Gasteiger partial charge in [-0.05, 0) is 51.4 Å². The average Bonchev–Trinajstić information content (AvgIpc) is 3.93. The molecule has 1 aliphatic heterocycles. The zero-order valence-electron chi connectivity index (χ0n) is 26.4. The fraction of sp³-hybridized carbons (Fsp3) is 0.0455. The molecule has 0 amide bonds. The Hall–Kier alpha value is -6.30. The summed E-state index contributed by atoms with van der Waals surface area (Å²) in [6, 6.07) is 51.2. The molecule has 1 aliphatic rings. The summed E-state index contributed by atoms with van der Waals surface area (Å²) in [6.45, 7) is 0. The van der Waals surface area contributed by atoms with Gasteiger partial charge in [-0.15, -0.1) is 0 Å². The van der Waals surface area contributed by atoms with Crippen LogP contribution in [0.5, 0.6) is 0 Å². The number of aromatic nitrogens is 3. The highest BCUT2D eigenvalue weighted by Crippen LogP contribution is 2.49. The van der Waals surface area contributed by atoms with Gasteiger partial charge in [0.25, 0.3) is 0 Å². The van der Waals surface area contributed by atoms with Crippen LogP contribution < -0.4 is 10.6 Å². The first-order chi connectivity index (χ1) is 24.3. The maximum absolute atomic E-state index is 4.05. The summed E-state index contributed by atoms with van der Waals surface area (Å²) in [6.07, 6.45) is 1.82. The van der Waals surface area contributed by atoms with Crippen LogP contribution in [-0.4, -0.2) is 14.0 Å². The van der Waals surface area contributed by atoms with Gasteiger partial charge in [-0.1, -0.05) is 115 Å². The second-order valence-corrected chi connectivity index (χ2v) is 13.5. The second-order valence-electron chi connectivity index (χ2n) is 13.5. The SMILES string of the molecule is c1ccc(C2NC(n3c4ccccc4c4c5ccccc5c5c6cccc7c8cc9ccccc9cc8n(c76)c5c43)Nc3cc[nH]c32)cc1. The summed E-state index contributed by atoms with van der Waals surface area (Å²) in [7, 11) is 0. The number of fused-ring (bicyclic) bond motifs is 15. The lowest BCUT2D eigenvalue weighted by Crippen LogP contribution is -2.40. The van der Waals surface area contributed by atoms with Crippen molar-refractivity contribution in [3.63, 3.8) is 0 Å². The number of hydrogen-bond donors (Lipinski definition) is 3. The fourth-order valence-electron chi connectivity index (χ4n) is 9.10. The predicted molar refractivity (Wildman–Crippen MR) is 204 cm³/mol. The third-order valence-corrected chi connectivity index (χ3v) is 11.1. The lowest BCUT2D eigenvalue weighted by molar-refractivity contribution is 0.413. The number of nitrogens with zero attached hydrogens (tertiary/aromatic N) is 2. The van der Waals surface area contributed by atoms with Crippen LogP contribution in [0.15, 0.2) is 146 Å². The predicted octanol–water partition coefficient (Wildman–Crippen LogP) is 10.8. The monoisotopic (exact) mass is 627 g/mol. The van der Waals surface area contributed by atoms with Crippen molar-refractivity contribution in [2.24, 2.45) is 0 Å². The van der Waals surface area contributed by atoms with Crippen LogP contribution in [0.1, 0.15) is 23.6 Å². The minimum Gasteiger partial charge on any atom is -0.362 e. The first-order valence-electron chi connectivity index (χ1n) is 17.0. The van der Waals surface area contributed by atoms with Gasteiger partial charge in [0.05, 0.1) is 45.0 Å². The molecule has 5 heteroatoms. The normalized spacial score (nSPS) is 16.7. The largest absolute Gasteiger partial charge is 0.362 e. The number of hydrogen-bond acceptors (Lipinski definition) is 2. The molecule has 0 aliphatic carbocycles. The molecule has 2 atom stereocenters. The summed E-state index contributed by atoms with van der Waals surface area (Å²) in [5.74, 6) is 0. The van der Waals surface area contributed by atoms with E-state index in [1.807, 2.05) is 6.20 Å². The molecule has 11 aromatic rings. The van der Waals surface area contributed by atoms with Crippen LogP contribution in [0.4, 0.5) is 5.69 Å². The molecule has 12 rings (SSSR count). The van der Waals surface area contributed by atoms with Crippen LogP contribution in [0.2, 0.25) is 0 Å². The molecular weight excluding hydrogens is 599 g/mol. The minimum absolute atomic E-state index is 0.00940. The van der Waals surface area contributed by atoms with E-state index in [0.29, 0.717) is 0 Å². The molecule has 5 heterocycles. The topological polar surface area (TPSA) is 49.2 Å². The number of nitrogens with one attached hydrogen (secondary N) is 3. The van der Waals surface area contributed by atoms with Gasteiger partial charge < -0.3 is 19.3 Å². The zero-order chi connectivity index (χ0) is 31.8. The maximum atomic E-state index is 4.05. The standard InChI is InChI=1S/C44H29N5/c1-2-11-25(12-3-1)39-40-34(21-22-45-40)46-44(47-39)49-35-20-9-8-17-31(35)37-28-15-6-7-16-29(28)38-32-19-10-18-30-33-23-26-13-4-5-14-27(26)24-36(33)48(41(30)32)42(38)43(37)49/h1-24,39,44-47H. The molecular formula is C44H29N5. The molecule has 0 bridgehead atoms. The van der Waals surface area contributed by atoms with E-state index >= 15 is 0 Å². The highest BCUT2D eigenvalue weighted by Gasteiger charge is 2.33. The summed E-state index contributed by atoms with van der Waals surface area (Å²) >= 11 is 0. The molecule has 230 valence electrons. The van der Waals surface area contributed by atoms with Crippen molar-refractivity contribution in [1.29, 1.82) is 0 Å². The molecule has 0 radical (unpaired) electrons. The van der Waals surface area contributed by atoms with E-state index in [4.69, 9.17) is 0 Å². The fourth-order valence-corrected chi connectivity index (χ4v) is 9.10. The van der Waals surface area contributed by atoms with Crippen LogP contribution >= 0.6 is 0 Å². The summed E-state index contributed by atoms with van der Waals surface area (Å²) < 4.78 is 5.11. The number of anilines is 1. The van der Waals surface area contributed by atoms with Gasteiger partial charge in [-0.3, -0.25) is 5.32 Å². The molecule has 3 N–H and O–H groups in total. The smallest absolute Gasteiger partial charge is 0.160 e. The molecule has 7 aromatic carbocycles. The molecule has 0 fully saturated rings. The lowest BCUT2D eigenvalue weighted by Gasteiger charge is -2.35. The second kappa shape index (κ2) is 9.19. The molecule has 4 aromatic heterocycles. The quantitative estimate of drug-likeness (QED) is 0.179. The summed E-state index contributed by atoms with van der Waals surface area (Å²) in [5.41, 5.74) is 9.70. The molecule has 2 unspecified atom stereocenters. The Labute approximate surface area is 280 Å². The number of para-hydroxylation sites is 2. The van der Waals surface area contributed by atoms with E-state index < -0.39 is 0 Å². The Bertz CT molecular complexity index is 3120. The summed E-state index contributed by atoms with van der Waals surface area (Å²) in [5, 5.41) is 20.8. The third kappa shape index (κ3) is 3.23. The van der Waals surface area contributed by atoms with E-state index in [1.54, 1.807) is 0 Å². The first kappa shape index (κ1) is 25.7. The van der Waals surface area contributed by atoms with Crippen molar-refractivity contribution in [3.8, 4) is 0 Å². The van der Waals surface area contributed by atoms with Crippen LogP contribution in [0.25, 0.3) is 81.4 Å². The summed E-state index contributed by atoms with van der Waals surface area (Å²) in [4.78, 5) is 3.53. The highest BCUT2D eigenvalue weighted by molar-refractivity contribution is 6.38. The Kier molecular flexibility index (Phi) is 4.83. The number of benzene rings is 7. The van der Waals surface area contributed by atoms with Crippen molar-refractivity contribution >= 4 is 87.1 Å². The van der Waals surface area contributed by atoms with Gasteiger partial charge in [0.1, 0.15) is 0 Å². The van der Waals surface area contributed by atoms with Crippen LogP contribution in [0, 0.1) is 0 Å². The minimum atomic E-state index is -0.219. The highest BCUT2D eigenvalue weighted by atomic mass is 15.4. The number of rotatable bonds is 2. The van der Waals surface area contributed by atoms with Crippen molar-refractivity contribution in [2.75, 3.05) is 5.32 Å². The lowest BCUT2D eigenvalue weighted by atomic mass is 9.97. The van der Waals surface area contributed by atoms with Crippen LogP contribution in [0.3, 0.4) is 0 Å². The molecule has 5 nitrogen and oxygen atoms in total. The van der Waals surface area contributed by atoms with E-state index in [0.717, 1.165) is 11.4 Å². The Balaban J connectivity index is 1.30. The Morgan fingerprint density at radius 3 is 2.00 bits per heavy atom. The maximum Gasteiger partial charge on any atom is 0.160 e. The van der Waals surface area contributed by atoms with Crippen molar-refractivity contribution in [3.05, 3.63) is 157 Å². The van der Waals surface area contributed by atoms with Gasteiger partial charge >= 0.3 is 0 Å². The van der Waals surface area contributed by atoms with E-state index in [2.05, 4.69) is 164 Å². The third-order valence-electron chi connectivity index (χ3n) is 11.1. The van der Waals surface area contributed by atoms with Gasteiger partial charge in [-0.2, -0.15) is 0 Å². The van der Waals surface area contributed by atoms with Gasteiger partial charge in [0.15, 0.2) is 6.29 Å². The van der Waals surface area contributed by atoms with Crippen molar-refractivity contribution in [2.45, 2.75) is 12.3 Å². The molecule has 49 heavy (non-hydrogen) atoms. The van der Waals surface area contributed by atoms with Crippen molar-refractivity contribution in [1.82, 2.24) is 19.3 Å². The first-order valence-corrected chi connectivity index (χ1v) is 17.0. The van der Waals surface area contributed by atoms with Crippen molar-refractivity contribution < 1.29 is 0 Å². The van der Waals surface area contributed by atoms with Crippen LogP contribution in [-0.2, 0) is 0 Å². The molecule has 0 saturated heterocycles. The van der Waals surface area contributed by atoms with Gasteiger partial charge in [0.2, 0.25) is 0 Å². The van der Waals surface area contributed by atoms with Gasteiger partial charge in [0, 0.05) is 38.5 Å². The number of H-pyrrole nitrogens is 1. The molecule has 0 spiro atoms.